The molecule has 0 aromatic heterocycles. The first-order chi connectivity index (χ1) is 9.79. The van der Waals surface area contributed by atoms with Gasteiger partial charge in [0, 0.05) is 25.7 Å². The molecular formula is C16H26FN3O. The molecule has 0 saturated heterocycles. The van der Waals surface area contributed by atoms with Crippen molar-refractivity contribution >= 4 is 11.6 Å². The van der Waals surface area contributed by atoms with Crippen LogP contribution in [0.5, 0.6) is 0 Å². The van der Waals surface area contributed by atoms with Crippen LogP contribution >= 0.6 is 0 Å². The fourth-order valence-electron chi connectivity index (χ4n) is 1.96. The molecule has 0 spiro atoms. The Hall–Kier alpha value is -1.62. The lowest BCUT2D eigenvalue weighted by molar-refractivity contribution is -0.120. The molecule has 1 amide bonds. The summed E-state index contributed by atoms with van der Waals surface area (Å²) in [5, 5.41) is 6.04. The highest BCUT2D eigenvalue weighted by Crippen LogP contribution is 2.19. The normalized spacial score (nSPS) is 11.0. The van der Waals surface area contributed by atoms with Gasteiger partial charge in [-0.2, -0.15) is 0 Å². The topological polar surface area (TPSA) is 44.4 Å². The number of rotatable bonds is 7. The summed E-state index contributed by atoms with van der Waals surface area (Å²) >= 11 is 0. The van der Waals surface area contributed by atoms with Crippen molar-refractivity contribution in [3.05, 3.63) is 29.6 Å². The van der Waals surface area contributed by atoms with Crippen LogP contribution in [0, 0.1) is 5.82 Å². The van der Waals surface area contributed by atoms with Crippen molar-refractivity contribution in [1.29, 1.82) is 0 Å². The highest BCUT2D eigenvalue weighted by atomic mass is 19.1. The third-order valence-corrected chi connectivity index (χ3v) is 2.97. The lowest BCUT2D eigenvalue weighted by Gasteiger charge is -2.21. The van der Waals surface area contributed by atoms with Crippen LogP contribution < -0.4 is 15.5 Å². The predicted octanol–water partition coefficient (Wildman–Crippen LogP) is 2.28. The van der Waals surface area contributed by atoms with Gasteiger partial charge < -0.3 is 15.5 Å². The summed E-state index contributed by atoms with van der Waals surface area (Å²) in [5.74, 6) is -0.421. The maximum Gasteiger partial charge on any atom is 0.239 e. The van der Waals surface area contributed by atoms with Crippen molar-refractivity contribution in [1.82, 2.24) is 10.6 Å². The lowest BCUT2D eigenvalue weighted by Crippen LogP contribution is -2.38. The monoisotopic (exact) mass is 295 g/mol. The molecule has 5 heteroatoms. The molecule has 0 heterocycles. The molecule has 0 aliphatic heterocycles. The van der Waals surface area contributed by atoms with Crippen molar-refractivity contribution < 1.29 is 9.18 Å². The largest absolute Gasteiger partial charge is 0.363 e. The van der Waals surface area contributed by atoms with Crippen LogP contribution in [0.15, 0.2) is 18.2 Å². The zero-order valence-corrected chi connectivity index (χ0v) is 13.5. The number of carbonyl (C=O) groups is 1. The second-order valence-electron chi connectivity index (χ2n) is 5.90. The average Bonchev–Trinajstić information content (AvgIpc) is 2.34. The molecule has 118 valence electrons. The lowest BCUT2D eigenvalue weighted by atomic mass is 10.1. The minimum Gasteiger partial charge on any atom is -0.363 e. The van der Waals surface area contributed by atoms with Crippen LogP contribution in [-0.4, -0.2) is 31.6 Å². The van der Waals surface area contributed by atoms with Crippen molar-refractivity contribution in [3.63, 3.8) is 0 Å². The number of hydrogen-bond donors (Lipinski definition) is 2. The first-order valence-electron chi connectivity index (χ1n) is 7.32. The van der Waals surface area contributed by atoms with Gasteiger partial charge in [0.25, 0.3) is 0 Å². The molecule has 0 fully saturated rings. The number of amides is 1. The molecule has 0 atom stereocenters. The Morgan fingerprint density at radius 2 is 1.90 bits per heavy atom. The molecule has 0 bridgehead atoms. The van der Waals surface area contributed by atoms with Gasteiger partial charge in [-0.25, -0.2) is 4.39 Å². The summed E-state index contributed by atoms with van der Waals surface area (Å²) < 4.78 is 14.1. The predicted molar refractivity (Wildman–Crippen MR) is 84.9 cm³/mol. The van der Waals surface area contributed by atoms with Crippen LogP contribution in [0.4, 0.5) is 10.1 Å². The molecule has 1 aromatic carbocycles. The summed E-state index contributed by atoms with van der Waals surface area (Å²) in [6.45, 7) is 8.66. The van der Waals surface area contributed by atoms with Gasteiger partial charge in [0.15, 0.2) is 0 Å². The van der Waals surface area contributed by atoms with Gasteiger partial charge in [0.05, 0.1) is 12.2 Å². The number of nitrogens with one attached hydrogen (secondary N) is 2. The molecule has 1 aromatic rings. The van der Waals surface area contributed by atoms with Crippen molar-refractivity contribution in [2.45, 2.75) is 46.3 Å². The van der Waals surface area contributed by atoms with E-state index >= 15 is 0 Å². The third-order valence-electron chi connectivity index (χ3n) is 2.97. The molecule has 0 aliphatic carbocycles. The summed E-state index contributed by atoms with van der Waals surface area (Å²) in [6.07, 6.45) is 0. The molecule has 0 radical (unpaired) electrons. The van der Waals surface area contributed by atoms with Crippen molar-refractivity contribution in [2.75, 3.05) is 18.5 Å². The van der Waals surface area contributed by atoms with Gasteiger partial charge in [-0.15, -0.1) is 0 Å². The van der Waals surface area contributed by atoms with Crippen LogP contribution in [0.3, 0.4) is 0 Å². The van der Waals surface area contributed by atoms with Crippen molar-refractivity contribution in [3.8, 4) is 0 Å². The van der Waals surface area contributed by atoms with Gasteiger partial charge in [-0.05, 0) is 31.5 Å². The van der Waals surface area contributed by atoms with Crippen LogP contribution in [0.2, 0.25) is 0 Å². The Labute approximate surface area is 126 Å². The van der Waals surface area contributed by atoms with Crippen LogP contribution in [0.1, 0.15) is 33.3 Å². The number of nitrogens with zero attached hydrogens (tertiary/aromatic N) is 1. The maximum absolute atomic E-state index is 14.1. The number of carbonyl (C=O) groups excluding carboxylic acids is 1. The van der Waals surface area contributed by atoms with E-state index in [1.807, 2.05) is 33.8 Å². The Morgan fingerprint density at radius 1 is 1.24 bits per heavy atom. The van der Waals surface area contributed by atoms with Crippen LogP contribution in [0.25, 0.3) is 0 Å². The van der Waals surface area contributed by atoms with E-state index in [0.29, 0.717) is 18.3 Å². The highest BCUT2D eigenvalue weighted by molar-refractivity contribution is 5.81. The van der Waals surface area contributed by atoms with E-state index < -0.39 is 0 Å². The maximum atomic E-state index is 14.1. The molecule has 2 N–H and O–H groups in total. The first-order valence-corrected chi connectivity index (χ1v) is 7.32. The number of benzene rings is 1. The first kappa shape index (κ1) is 17.4. The van der Waals surface area contributed by atoms with E-state index in [0.717, 1.165) is 5.56 Å². The number of hydrogen-bond acceptors (Lipinski definition) is 3. The molecule has 1 rings (SSSR count). The number of anilines is 1. The van der Waals surface area contributed by atoms with E-state index in [9.17, 15) is 9.18 Å². The van der Waals surface area contributed by atoms with Gasteiger partial charge >= 0.3 is 0 Å². The fourth-order valence-corrected chi connectivity index (χ4v) is 1.96. The minimum absolute atomic E-state index is 0.0835. The quantitative estimate of drug-likeness (QED) is 0.811. The molecular weight excluding hydrogens is 269 g/mol. The summed E-state index contributed by atoms with van der Waals surface area (Å²) in [7, 11) is 1.71. The summed E-state index contributed by atoms with van der Waals surface area (Å²) in [5.41, 5.74) is 1.33. The van der Waals surface area contributed by atoms with Crippen molar-refractivity contribution in [2.24, 2.45) is 0 Å². The standard InChI is InChI=1S/C16H26FN3O/c1-11(2)18-9-13-6-7-15(14(17)8-13)20(5)10-16(21)19-12(3)4/h6-8,11-12,18H,9-10H2,1-5H3,(H,19,21). The van der Waals surface area contributed by atoms with Gasteiger partial charge in [0.2, 0.25) is 5.91 Å². The Kier molecular flexibility index (Phi) is 6.62. The zero-order chi connectivity index (χ0) is 16.0. The average molecular weight is 295 g/mol. The zero-order valence-electron chi connectivity index (χ0n) is 13.5. The Bertz CT molecular complexity index is 475. The van der Waals surface area contributed by atoms with E-state index in [1.165, 1.54) is 6.07 Å². The highest BCUT2D eigenvalue weighted by Gasteiger charge is 2.12. The van der Waals surface area contributed by atoms with E-state index in [2.05, 4.69) is 10.6 Å². The second kappa shape index (κ2) is 7.98. The van der Waals surface area contributed by atoms with E-state index in [-0.39, 0.29) is 24.3 Å². The molecule has 0 aliphatic rings. The van der Waals surface area contributed by atoms with Gasteiger partial charge in [-0.3, -0.25) is 4.79 Å². The smallest absolute Gasteiger partial charge is 0.239 e. The van der Waals surface area contributed by atoms with E-state index in [1.54, 1.807) is 18.0 Å². The van der Waals surface area contributed by atoms with Crippen LogP contribution in [-0.2, 0) is 11.3 Å². The van der Waals surface area contributed by atoms with Gasteiger partial charge in [-0.1, -0.05) is 19.9 Å². The second-order valence-corrected chi connectivity index (χ2v) is 5.90. The number of halogens is 1. The molecule has 0 unspecified atom stereocenters. The number of likely N-dealkylation sites (N-methyl/N-ethyl adjacent to an activating group) is 1. The molecule has 0 saturated carbocycles. The van der Waals surface area contributed by atoms with E-state index in [4.69, 9.17) is 0 Å². The SMILES string of the molecule is CC(C)NCc1ccc(N(C)CC(=O)NC(C)C)c(F)c1. The minimum atomic E-state index is -0.307. The summed E-state index contributed by atoms with van der Waals surface area (Å²) in [6, 6.07) is 5.55. The summed E-state index contributed by atoms with van der Waals surface area (Å²) in [4.78, 5) is 13.3. The van der Waals surface area contributed by atoms with Gasteiger partial charge in [0.1, 0.15) is 5.82 Å². The Balaban J connectivity index is 2.68. The molecule has 4 nitrogen and oxygen atoms in total. The fraction of sp³-hybridized carbons (Fsp3) is 0.562. The third kappa shape index (κ3) is 6.12. The Morgan fingerprint density at radius 3 is 2.43 bits per heavy atom. The molecule has 21 heavy (non-hydrogen) atoms.